The number of carbonyl (C=O) groups is 1. The molecule has 27 heavy (non-hydrogen) atoms. The summed E-state index contributed by atoms with van der Waals surface area (Å²) in [6, 6.07) is 10.9. The molecular formula is C17H10F3N3O3S. The highest BCUT2D eigenvalue weighted by molar-refractivity contribution is 7.14. The molecule has 3 rings (SSSR count). The molecule has 0 aliphatic rings. The van der Waals surface area contributed by atoms with E-state index in [4.69, 9.17) is 0 Å². The molecule has 0 atom stereocenters. The highest BCUT2D eigenvalue weighted by Crippen LogP contribution is 2.33. The van der Waals surface area contributed by atoms with E-state index in [2.05, 4.69) is 10.3 Å². The van der Waals surface area contributed by atoms with Gasteiger partial charge in [-0.15, -0.1) is 11.3 Å². The lowest BCUT2D eigenvalue weighted by Crippen LogP contribution is -2.15. The Morgan fingerprint density at radius 2 is 1.85 bits per heavy atom. The zero-order valence-electron chi connectivity index (χ0n) is 13.4. The van der Waals surface area contributed by atoms with Crippen molar-refractivity contribution in [2.45, 2.75) is 6.18 Å². The molecule has 1 heterocycles. The van der Waals surface area contributed by atoms with Crippen LogP contribution >= 0.6 is 11.3 Å². The molecule has 1 aromatic heterocycles. The van der Waals surface area contributed by atoms with Crippen molar-refractivity contribution in [3.63, 3.8) is 0 Å². The number of rotatable bonds is 4. The third-order valence-electron chi connectivity index (χ3n) is 3.56. The molecule has 0 saturated carbocycles. The summed E-state index contributed by atoms with van der Waals surface area (Å²) >= 11 is 1.10. The molecule has 6 nitrogen and oxygen atoms in total. The SMILES string of the molecule is O=C(Nc1nc(-c2ccccc2)cs1)c1ccc(C(F)(F)F)cc1[N+](=O)[O-]. The highest BCUT2D eigenvalue weighted by atomic mass is 32.1. The second-order valence-electron chi connectivity index (χ2n) is 5.34. The topological polar surface area (TPSA) is 85.1 Å². The van der Waals surface area contributed by atoms with E-state index >= 15 is 0 Å². The number of nitrogens with one attached hydrogen (secondary N) is 1. The maximum absolute atomic E-state index is 12.7. The molecule has 0 unspecified atom stereocenters. The standard InChI is InChI=1S/C17H10F3N3O3S/c18-17(19,20)11-6-7-12(14(8-11)23(25)26)15(24)22-16-21-13(9-27-16)10-4-2-1-3-5-10/h1-9H,(H,21,22,24). The zero-order chi connectivity index (χ0) is 19.6. The average Bonchev–Trinajstić information content (AvgIpc) is 3.09. The van der Waals surface area contributed by atoms with Crippen LogP contribution in [0.2, 0.25) is 0 Å². The van der Waals surface area contributed by atoms with Crippen molar-refractivity contribution >= 4 is 28.1 Å². The molecule has 3 aromatic rings. The zero-order valence-corrected chi connectivity index (χ0v) is 14.2. The van der Waals surface area contributed by atoms with Gasteiger partial charge in [0, 0.05) is 17.0 Å². The van der Waals surface area contributed by atoms with Crippen molar-refractivity contribution in [3.05, 3.63) is 75.2 Å². The minimum absolute atomic E-state index is 0.174. The lowest BCUT2D eigenvalue weighted by Gasteiger charge is -2.08. The van der Waals surface area contributed by atoms with Crippen molar-refractivity contribution in [2.24, 2.45) is 0 Å². The maximum atomic E-state index is 12.7. The van der Waals surface area contributed by atoms with Gasteiger partial charge in [0.25, 0.3) is 11.6 Å². The number of amides is 1. The number of thiazole rings is 1. The number of carbonyl (C=O) groups excluding carboxylic acids is 1. The van der Waals surface area contributed by atoms with Gasteiger partial charge in [-0.1, -0.05) is 30.3 Å². The number of alkyl halides is 3. The Morgan fingerprint density at radius 3 is 2.48 bits per heavy atom. The summed E-state index contributed by atoms with van der Waals surface area (Å²) < 4.78 is 38.2. The summed E-state index contributed by atoms with van der Waals surface area (Å²) in [5, 5.41) is 15.3. The largest absolute Gasteiger partial charge is 0.416 e. The van der Waals surface area contributed by atoms with E-state index in [0.717, 1.165) is 23.0 Å². The van der Waals surface area contributed by atoms with Gasteiger partial charge in [0.1, 0.15) is 5.56 Å². The van der Waals surface area contributed by atoms with E-state index < -0.39 is 33.8 Å². The quantitative estimate of drug-likeness (QED) is 0.500. The van der Waals surface area contributed by atoms with E-state index in [-0.39, 0.29) is 5.13 Å². The Morgan fingerprint density at radius 1 is 1.15 bits per heavy atom. The summed E-state index contributed by atoms with van der Waals surface area (Å²) in [6.07, 6.45) is -4.75. The Balaban J connectivity index is 1.86. The first-order valence-electron chi connectivity index (χ1n) is 7.43. The lowest BCUT2D eigenvalue weighted by atomic mass is 10.1. The van der Waals surface area contributed by atoms with E-state index in [9.17, 15) is 28.1 Å². The lowest BCUT2D eigenvalue weighted by molar-refractivity contribution is -0.385. The van der Waals surface area contributed by atoms with Crippen LogP contribution < -0.4 is 5.32 Å². The molecule has 1 amide bonds. The van der Waals surface area contributed by atoms with Gasteiger partial charge in [-0.05, 0) is 12.1 Å². The maximum Gasteiger partial charge on any atom is 0.416 e. The molecule has 0 radical (unpaired) electrons. The van der Waals surface area contributed by atoms with Crippen molar-refractivity contribution in [3.8, 4) is 11.3 Å². The van der Waals surface area contributed by atoms with E-state index in [0.29, 0.717) is 17.8 Å². The fourth-order valence-corrected chi connectivity index (χ4v) is 3.00. The summed E-state index contributed by atoms with van der Waals surface area (Å²) in [6.45, 7) is 0. The first kappa shape index (κ1) is 18.5. The van der Waals surface area contributed by atoms with Crippen LogP contribution in [0, 0.1) is 10.1 Å². The van der Waals surface area contributed by atoms with Crippen molar-refractivity contribution < 1.29 is 22.9 Å². The van der Waals surface area contributed by atoms with Gasteiger partial charge in [-0.2, -0.15) is 13.2 Å². The average molecular weight is 393 g/mol. The van der Waals surface area contributed by atoms with Gasteiger partial charge < -0.3 is 0 Å². The van der Waals surface area contributed by atoms with Gasteiger partial charge in [0.2, 0.25) is 0 Å². The molecule has 0 aliphatic heterocycles. The Hall–Kier alpha value is -3.27. The van der Waals surface area contributed by atoms with Crippen LogP contribution in [-0.2, 0) is 6.18 Å². The van der Waals surface area contributed by atoms with Crippen LogP contribution in [0.4, 0.5) is 24.0 Å². The molecule has 138 valence electrons. The minimum Gasteiger partial charge on any atom is -0.298 e. The number of benzene rings is 2. The van der Waals surface area contributed by atoms with Crippen molar-refractivity contribution in [1.82, 2.24) is 4.98 Å². The first-order valence-corrected chi connectivity index (χ1v) is 8.31. The van der Waals surface area contributed by atoms with Crippen LogP contribution in [0.3, 0.4) is 0 Å². The summed E-state index contributed by atoms with van der Waals surface area (Å²) in [4.78, 5) is 26.6. The Kier molecular flexibility index (Phi) is 4.91. The fraction of sp³-hybridized carbons (Fsp3) is 0.0588. The molecule has 1 N–H and O–H groups in total. The van der Waals surface area contributed by atoms with Crippen LogP contribution in [0.5, 0.6) is 0 Å². The van der Waals surface area contributed by atoms with E-state index in [1.165, 1.54) is 0 Å². The number of nitro benzene ring substituents is 1. The summed E-state index contributed by atoms with van der Waals surface area (Å²) in [5.74, 6) is -0.913. The van der Waals surface area contributed by atoms with Gasteiger partial charge in [0.15, 0.2) is 5.13 Å². The third-order valence-corrected chi connectivity index (χ3v) is 4.32. The smallest absolute Gasteiger partial charge is 0.298 e. The van der Waals surface area contributed by atoms with Crippen LogP contribution in [0.1, 0.15) is 15.9 Å². The number of hydrogen-bond acceptors (Lipinski definition) is 5. The molecule has 0 saturated heterocycles. The van der Waals surface area contributed by atoms with E-state index in [1.54, 1.807) is 5.38 Å². The summed E-state index contributed by atoms with van der Waals surface area (Å²) in [5.41, 5.74) is -1.20. The van der Waals surface area contributed by atoms with Gasteiger partial charge >= 0.3 is 6.18 Å². The normalized spacial score (nSPS) is 11.2. The van der Waals surface area contributed by atoms with Gasteiger partial charge in [-0.3, -0.25) is 20.2 Å². The van der Waals surface area contributed by atoms with Gasteiger partial charge in [0.05, 0.1) is 16.2 Å². The van der Waals surface area contributed by atoms with Crippen molar-refractivity contribution in [2.75, 3.05) is 5.32 Å². The molecule has 0 spiro atoms. The number of nitrogens with zero attached hydrogens (tertiary/aromatic N) is 2. The molecule has 2 aromatic carbocycles. The predicted molar refractivity (Wildman–Crippen MR) is 93.6 cm³/mol. The molecule has 0 bridgehead atoms. The second-order valence-corrected chi connectivity index (χ2v) is 6.20. The predicted octanol–water partition coefficient (Wildman–Crippen LogP) is 4.99. The molecule has 0 fully saturated rings. The Bertz CT molecular complexity index is 1000. The number of nitro groups is 1. The molecular weight excluding hydrogens is 383 g/mol. The fourth-order valence-electron chi connectivity index (χ4n) is 2.29. The van der Waals surface area contributed by atoms with Crippen LogP contribution in [-0.4, -0.2) is 15.8 Å². The first-order chi connectivity index (χ1) is 12.8. The minimum atomic E-state index is -4.75. The molecule has 0 aliphatic carbocycles. The van der Waals surface area contributed by atoms with E-state index in [1.807, 2.05) is 30.3 Å². The van der Waals surface area contributed by atoms with Crippen LogP contribution in [0.25, 0.3) is 11.3 Å². The number of aromatic nitrogens is 1. The Labute approximate surface area is 154 Å². The van der Waals surface area contributed by atoms with Gasteiger partial charge in [-0.25, -0.2) is 4.98 Å². The number of anilines is 1. The number of hydrogen-bond donors (Lipinski definition) is 1. The van der Waals surface area contributed by atoms with Crippen LogP contribution in [0.15, 0.2) is 53.9 Å². The number of halogens is 3. The molecule has 10 heteroatoms. The van der Waals surface area contributed by atoms with Crippen molar-refractivity contribution in [1.29, 1.82) is 0 Å². The second kappa shape index (κ2) is 7.16. The summed E-state index contributed by atoms with van der Waals surface area (Å²) in [7, 11) is 0. The highest BCUT2D eigenvalue weighted by Gasteiger charge is 2.34. The third kappa shape index (κ3) is 4.11. The monoisotopic (exact) mass is 393 g/mol.